The summed E-state index contributed by atoms with van der Waals surface area (Å²) in [5, 5.41) is 5.64. The second-order valence-electron chi connectivity index (χ2n) is 7.25. The van der Waals surface area contributed by atoms with Gasteiger partial charge in [-0.3, -0.25) is 9.59 Å². The van der Waals surface area contributed by atoms with Crippen molar-refractivity contribution in [3.05, 3.63) is 65.2 Å². The number of benzene rings is 2. The van der Waals surface area contributed by atoms with Crippen LogP contribution in [0.4, 0.5) is 5.69 Å². The number of para-hydroxylation sites is 1. The minimum Gasteiger partial charge on any atom is -0.355 e. The number of nitrogens with one attached hydrogen (secondary N) is 2. The van der Waals surface area contributed by atoms with Gasteiger partial charge in [-0.15, -0.1) is 0 Å². The Hall–Kier alpha value is -2.66. The summed E-state index contributed by atoms with van der Waals surface area (Å²) in [6.45, 7) is 7.23. The first-order chi connectivity index (χ1) is 12.3. The lowest BCUT2D eigenvalue weighted by Crippen LogP contribution is -2.30. The zero-order chi connectivity index (χ0) is 19.2. The molecule has 2 aromatic carbocycles. The molecule has 2 aromatic rings. The number of carbonyl (C=O) groups is 2. The summed E-state index contributed by atoms with van der Waals surface area (Å²) in [4.78, 5) is 24.5. The van der Waals surface area contributed by atoms with E-state index in [1.165, 1.54) is 5.56 Å². The molecule has 0 atom stereocenters. The normalized spacial score (nSPS) is 11.1. The molecular formula is C21H27N3O2. The van der Waals surface area contributed by atoms with Gasteiger partial charge in [0.1, 0.15) is 0 Å². The molecule has 5 nitrogen and oxygen atoms in total. The molecule has 0 bridgehead atoms. The van der Waals surface area contributed by atoms with Crippen molar-refractivity contribution >= 4 is 17.5 Å². The molecule has 0 spiro atoms. The third-order valence-corrected chi connectivity index (χ3v) is 4.10. The maximum absolute atomic E-state index is 12.6. The van der Waals surface area contributed by atoms with E-state index >= 15 is 0 Å². The first-order valence-electron chi connectivity index (χ1n) is 8.78. The molecule has 0 saturated heterocycles. The van der Waals surface area contributed by atoms with Gasteiger partial charge >= 0.3 is 0 Å². The minimum atomic E-state index is -0.194. The zero-order valence-corrected chi connectivity index (χ0v) is 15.6. The molecule has 0 unspecified atom stereocenters. The lowest BCUT2D eigenvalue weighted by molar-refractivity contribution is -0.120. The van der Waals surface area contributed by atoms with E-state index in [0.29, 0.717) is 24.3 Å². The highest BCUT2D eigenvalue weighted by molar-refractivity contribution is 6.05. The first-order valence-corrected chi connectivity index (χ1v) is 8.78. The Bertz CT molecular complexity index is 762. The van der Waals surface area contributed by atoms with Gasteiger partial charge in [-0.2, -0.15) is 0 Å². The largest absolute Gasteiger partial charge is 0.355 e. The third kappa shape index (κ3) is 5.43. The fourth-order valence-corrected chi connectivity index (χ4v) is 2.56. The van der Waals surface area contributed by atoms with Crippen LogP contribution in [0.25, 0.3) is 0 Å². The fraction of sp³-hybridized carbons (Fsp3) is 0.333. The molecule has 5 heteroatoms. The maximum atomic E-state index is 12.6. The van der Waals surface area contributed by atoms with E-state index in [9.17, 15) is 9.59 Å². The number of carbonyl (C=O) groups excluding carboxylic acids is 2. The lowest BCUT2D eigenvalue weighted by atomic mass is 9.86. The number of hydrogen-bond acceptors (Lipinski definition) is 3. The standard InChI is InChI=1S/C21H27N3O2/c1-21(2,3)17-10-8-15(9-11-17)20(26)24-18-7-5-4-6-16(18)14-19(25)23-13-12-22/h4-11H,12-14,22H2,1-3H3,(H,23,25)(H,24,26). The van der Waals surface area contributed by atoms with Crippen molar-refractivity contribution in [2.75, 3.05) is 18.4 Å². The van der Waals surface area contributed by atoms with E-state index in [1.54, 1.807) is 6.07 Å². The van der Waals surface area contributed by atoms with E-state index in [2.05, 4.69) is 31.4 Å². The molecule has 0 aromatic heterocycles. The van der Waals surface area contributed by atoms with Crippen LogP contribution in [0.5, 0.6) is 0 Å². The Balaban J connectivity index is 2.10. The SMILES string of the molecule is CC(C)(C)c1ccc(C(=O)Nc2ccccc2CC(=O)NCCN)cc1. The molecule has 4 N–H and O–H groups in total. The molecule has 2 rings (SSSR count). The van der Waals surface area contributed by atoms with Gasteiger partial charge in [0.25, 0.3) is 5.91 Å². The quantitative estimate of drug-likeness (QED) is 0.746. The Kier molecular flexibility index (Phi) is 6.52. The molecule has 0 fully saturated rings. The van der Waals surface area contributed by atoms with Gasteiger partial charge in [0.15, 0.2) is 0 Å². The average Bonchev–Trinajstić information content (AvgIpc) is 2.61. The van der Waals surface area contributed by atoms with Crippen molar-refractivity contribution in [1.82, 2.24) is 5.32 Å². The number of nitrogens with two attached hydrogens (primary N) is 1. The smallest absolute Gasteiger partial charge is 0.255 e. The summed E-state index contributed by atoms with van der Waals surface area (Å²) in [6, 6.07) is 14.9. The third-order valence-electron chi connectivity index (χ3n) is 4.10. The lowest BCUT2D eigenvalue weighted by Gasteiger charge is -2.19. The Morgan fingerprint density at radius 3 is 2.27 bits per heavy atom. The second kappa shape index (κ2) is 8.63. The summed E-state index contributed by atoms with van der Waals surface area (Å²) in [5.41, 5.74) is 8.60. The van der Waals surface area contributed by atoms with Crippen molar-refractivity contribution in [2.45, 2.75) is 32.6 Å². The molecule has 2 amide bonds. The van der Waals surface area contributed by atoms with Crippen molar-refractivity contribution in [1.29, 1.82) is 0 Å². The van der Waals surface area contributed by atoms with Crippen LogP contribution in [0.2, 0.25) is 0 Å². The van der Waals surface area contributed by atoms with Crippen LogP contribution in [-0.4, -0.2) is 24.9 Å². The summed E-state index contributed by atoms with van der Waals surface area (Å²) in [7, 11) is 0. The topological polar surface area (TPSA) is 84.2 Å². The number of hydrogen-bond donors (Lipinski definition) is 3. The first kappa shape index (κ1) is 19.7. The van der Waals surface area contributed by atoms with Crippen molar-refractivity contribution in [3.8, 4) is 0 Å². The highest BCUT2D eigenvalue weighted by atomic mass is 16.2. The highest BCUT2D eigenvalue weighted by Gasteiger charge is 2.15. The molecule has 0 aliphatic rings. The van der Waals surface area contributed by atoms with Gasteiger partial charge < -0.3 is 16.4 Å². The predicted molar refractivity (Wildman–Crippen MR) is 105 cm³/mol. The molecule has 0 aliphatic heterocycles. The van der Waals surface area contributed by atoms with Crippen LogP contribution in [0, 0.1) is 0 Å². The highest BCUT2D eigenvalue weighted by Crippen LogP contribution is 2.23. The molecule has 0 saturated carbocycles. The Morgan fingerprint density at radius 1 is 1.00 bits per heavy atom. The van der Waals surface area contributed by atoms with Gasteiger partial charge in [-0.1, -0.05) is 51.1 Å². The van der Waals surface area contributed by atoms with Gasteiger partial charge in [-0.05, 0) is 34.7 Å². The molecular weight excluding hydrogens is 326 g/mol. The van der Waals surface area contributed by atoms with Gasteiger partial charge in [0.05, 0.1) is 6.42 Å². The van der Waals surface area contributed by atoms with Gasteiger partial charge in [0.2, 0.25) is 5.91 Å². The number of rotatable bonds is 6. The zero-order valence-electron chi connectivity index (χ0n) is 15.6. The summed E-state index contributed by atoms with van der Waals surface area (Å²) in [5.74, 6) is -0.313. The van der Waals surface area contributed by atoms with E-state index in [-0.39, 0.29) is 23.7 Å². The van der Waals surface area contributed by atoms with Crippen LogP contribution in [0.15, 0.2) is 48.5 Å². The Labute approximate surface area is 155 Å². The fourth-order valence-electron chi connectivity index (χ4n) is 2.56. The van der Waals surface area contributed by atoms with Crippen LogP contribution >= 0.6 is 0 Å². The van der Waals surface area contributed by atoms with E-state index in [0.717, 1.165) is 5.56 Å². The predicted octanol–water partition coefficient (Wildman–Crippen LogP) is 2.85. The van der Waals surface area contributed by atoms with Gasteiger partial charge in [-0.25, -0.2) is 0 Å². The van der Waals surface area contributed by atoms with Gasteiger partial charge in [0, 0.05) is 24.3 Å². The summed E-state index contributed by atoms with van der Waals surface area (Å²) >= 11 is 0. The van der Waals surface area contributed by atoms with Crippen molar-refractivity contribution in [2.24, 2.45) is 5.73 Å². The van der Waals surface area contributed by atoms with Crippen molar-refractivity contribution < 1.29 is 9.59 Å². The second-order valence-corrected chi connectivity index (χ2v) is 7.25. The minimum absolute atomic E-state index is 0.0402. The van der Waals surface area contributed by atoms with Crippen LogP contribution in [0.1, 0.15) is 42.3 Å². The van der Waals surface area contributed by atoms with Crippen LogP contribution in [-0.2, 0) is 16.6 Å². The molecule has 138 valence electrons. The van der Waals surface area contributed by atoms with E-state index < -0.39 is 0 Å². The Morgan fingerprint density at radius 2 is 1.65 bits per heavy atom. The van der Waals surface area contributed by atoms with Crippen LogP contribution < -0.4 is 16.4 Å². The monoisotopic (exact) mass is 353 g/mol. The molecule has 0 heterocycles. The molecule has 0 aliphatic carbocycles. The molecule has 26 heavy (non-hydrogen) atoms. The summed E-state index contributed by atoms with van der Waals surface area (Å²) < 4.78 is 0. The molecule has 0 radical (unpaired) electrons. The van der Waals surface area contributed by atoms with E-state index in [1.807, 2.05) is 42.5 Å². The average molecular weight is 353 g/mol. The summed E-state index contributed by atoms with van der Waals surface area (Å²) in [6.07, 6.45) is 0.194. The van der Waals surface area contributed by atoms with E-state index in [4.69, 9.17) is 5.73 Å². The number of amides is 2. The van der Waals surface area contributed by atoms with Crippen molar-refractivity contribution in [3.63, 3.8) is 0 Å². The number of anilines is 1. The van der Waals surface area contributed by atoms with Crippen LogP contribution in [0.3, 0.4) is 0 Å². The maximum Gasteiger partial charge on any atom is 0.255 e.